The molecule has 0 spiro atoms. The predicted octanol–water partition coefficient (Wildman–Crippen LogP) is 3.09. The Bertz CT molecular complexity index is 763. The summed E-state index contributed by atoms with van der Waals surface area (Å²) in [7, 11) is 0. The summed E-state index contributed by atoms with van der Waals surface area (Å²) in [4.78, 5) is 26.0. The number of benzene rings is 2. The van der Waals surface area contributed by atoms with Crippen molar-refractivity contribution in [1.82, 2.24) is 10.2 Å². The number of phenols is 1. The molecule has 1 aliphatic rings. The van der Waals surface area contributed by atoms with E-state index in [-0.39, 0.29) is 11.9 Å². The summed E-state index contributed by atoms with van der Waals surface area (Å²) in [5.41, 5.74) is 1.51. The Hall–Kier alpha value is -3.02. The fraction of sp³-hybridized carbons (Fsp3) is 0.300. The maximum absolute atomic E-state index is 12.3. The minimum atomic E-state index is -0.479. The number of aromatic hydroxyl groups is 1. The standard InChI is InChI=1S/C20H22N2O4/c1-14-2-8-17(9-3-14)26-18-10-12-22(13-11-18)20(25)21-19(24)15-4-6-16(23)7-5-15/h2-9,18,23H,10-13H2,1H3,(H,21,24,25). The lowest BCUT2D eigenvalue weighted by Gasteiger charge is -2.32. The van der Waals surface area contributed by atoms with Crippen LogP contribution in [0.3, 0.4) is 0 Å². The number of urea groups is 1. The van der Waals surface area contributed by atoms with E-state index in [0.717, 1.165) is 5.75 Å². The van der Waals surface area contributed by atoms with Gasteiger partial charge in [0.15, 0.2) is 0 Å². The maximum Gasteiger partial charge on any atom is 0.324 e. The molecule has 0 saturated carbocycles. The summed E-state index contributed by atoms with van der Waals surface area (Å²) in [5, 5.41) is 11.6. The minimum absolute atomic E-state index is 0.0644. The van der Waals surface area contributed by atoms with E-state index >= 15 is 0 Å². The van der Waals surface area contributed by atoms with E-state index in [9.17, 15) is 14.7 Å². The lowest BCUT2D eigenvalue weighted by Crippen LogP contribution is -2.48. The Labute approximate surface area is 152 Å². The van der Waals surface area contributed by atoms with E-state index in [1.165, 1.54) is 29.8 Å². The van der Waals surface area contributed by atoms with Crippen molar-refractivity contribution in [3.8, 4) is 11.5 Å². The van der Waals surface area contributed by atoms with E-state index in [1.807, 2.05) is 31.2 Å². The van der Waals surface area contributed by atoms with E-state index in [0.29, 0.717) is 31.5 Å². The molecule has 1 heterocycles. The highest BCUT2D eigenvalue weighted by Gasteiger charge is 2.25. The molecule has 1 aliphatic heterocycles. The van der Waals surface area contributed by atoms with Crippen LogP contribution >= 0.6 is 0 Å². The maximum atomic E-state index is 12.3. The number of imide groups is 1. The molecule has 0 bridgehead atoms. The third-order valence-corrected chi connectivity index (χ3v) is 4.40. The molecule has 3 rings (SSSR count). The SMILES string of the molecule is Cc1ccc(OC2CCN(C(=O)NC(=O)c3ccc(O)cc3)CC2)cc1. The molecule has 26 heavy (non-hydrogen) atoms. The van der Waals surface area contributed by atoms with Gasteiger partial charge in [-0.05, 0) is 43.3 Å². The van der Waals surface area contributed by atoms with Crippen LogP contribution in [-0.4, -0.2) is 41.1 Å². The Morgan fingerprint density at radius 1 is 1.04 bits per heavy atom. The van der Waals surface area contributed by atoms with Crippen molar-refractivity contribution in [2.24, 2.45) is 0 Å². The lowest BCUT2D eigenvalue weighted by molar-refractivity contribution is 0.0916. The molecule has 0 radical (unpaired) electrons. The molecule has 2 aromatic carbocycles. The summed E-state index contributed by atoms with van der Waals surface area (Å²) >= 11 is 0. The first-order chi connectivity index (χ1) is 12.5. The molecule has 0 aromatic heterocycles. The lowest BCUT2D eigenvalue weighted by atomic mass is 10.1. The molecule has 2 N–H and O–H groups in total. The van der Waals surface area contributed by atoms with Gasteiger partial charge < -0.3 is 14.7 Å². The van der Waals surface area contributed by atoms with Crippen molar-refractivity contribution in [1.29, 1.82) is 0 Å². The first-order valence-electron chi connectivity index (χ1n) is 8.64. The molecular formula is C20H22N2O4. The molecular weight excluding hydrogens is 332 g/mol. The first kappa shape index (κ1) is 17.8. The molecule has 6 heteroatoms. The van der Waals surface area contributed by atoms with Crippen LogP contribution in [0.4, 0.5) is 4.79 Å². The van der Waals surface area contributed by atoms with Gasteiger partial charge in [-0.3, -0.25) is 10.1 Å². The van der Waals surface area contributed by atoms with Crippen molar-refractivity contribution < 1.29 is 19.4 Å². The van der Waals surface area contributed by atoms with Crippen molar-refractivity contribution in [2.45, 2.75) is 25.9 Å². The molecule has 6 nitrogen and oxygen atoms in total. The fourth-order valence-electron chi connectivity index (χ4n) is 2.85. The highest BCUT2D eigenvalue weighted by Crippen LogP contribution is 2.19. The van der Waals surface area contributed by atoms with Gasteiger partial charge in [-0.25, -0.2) is 4.79 Å². The number of nitrogens with zero attached hydrogens (tertiary/aromatic N) is 1. The van der Waals surface area contributed by atoms with E-state index in [2.05, 4.69) is 5.32 Å². The first-order valence-corrected chi connectivity index (χ1v) is 8.64. The minimum Gasteiger partial charge on any atom is -0.508 e. The summed E-state index contributed by atoms with van der Waals surface area (Å²) in [6.45, 7) is 3.09. The monoisotopic (exact) mass is 354 g/mol. The number of amides is 3. The number of phenolic OH excluding ortho intramolecular Hbond substituents is 1. The van der Waals surface area contributed by atoms with Gasteiger partial charge in [-0.2, -0.15) is 0 Å². The van der Waals surface area contributed by atoms with Crippen LogP contribution in [0.1, 0.15) is 28.8 Å². The summed E-state index contributed by atoms with van der Waals surface area (Å²) in [5.74, 6) is 0.428. The van der Waals surface area contributed by atoms with Gasteiger partial charge in [0.25, 0.3) is 5.91 Å². The van der Waals surface area contributed by atoms with Crippen LogP contribution in [0.5, 0.6) is 11.5 Å². The highest BCUT2D eigenvalue weighted by molar-refractivity contribution is 6.04. The van der Waals surface area contributed by atoms with Gasteiger partial charge in [-0.1, -0.05) is 17.7 Å². The van der Waals surface area contributed by atoms with Crippen LogP contribution in [0, 0.1) is 6.92 Å². The van der Waals surface area contributed by atoms with Gasteiger partial charge in [-0.15, -0.1) is 0 Å². The summed E-state index contributed by atoms with van der Waals surface area (Å²) in [6, 6.07) is 13.3. The number of rotatable bonds is 3. The zero-order valence-electron chi connectivity index (χ0n) is 14.6. The van der Waals surface area contributed by atoms with E-state index < -0.39 is 11.9 Å². The number of hydrogen-bond donors (Lipinski definition) is 2. The third kappa shape index (κ3) is 4.53. The summed E-state index contributed by atoms with van der Waals surface area (Å²) < 4.78 is 5.95. The Morgan fingerprint density at radius 2 is 1.65 bits per heavy atom. The number of aryl methyl sites for hydroxylation is 1. The number of likely N-dealkylation sites (tertiary alicyclic amines) is 1. The molecule has 2 aromatic rings. The van der Waals surface area contributed by atoms with Crippen LogP contribution in [-0.2, 0) is 0 Å². The Balaban J connectivity index is 1.48. The van der Waals surface area contributed by atoms with Crippen LogP contribution in [0.15, 0.2) is 48.5 Å². The zero-order valence-corrected chi connectivity index (χ0v) is 14.6. The van der Waals surface area contributed by atoms with Gasteiger partial charge in [0, 0.05) is 31.5 Å². The van der Waals surface area contributed by atoms with Crippen LogP contribution < -0.4 is 10.1 Å². The Morgan fingerprint density at radius 3 is 2.27 bits per heavy atom. The Kier molecular flexibility index (Phi) is 5.41. The molecule has 3 amide bonds. The molecule has 0 atom stereocenters. The van der Waals surface area contributed by atoms with Gasteiger partial charge >= 0.3 is 6.03 Å². The number of hydrogen-bond acceptors (Lipinski definition) is 4. The number of carbonyl (C=O) groups excluding carboxylic acids is 2. The van der Waals surface area contributed by atoms with Gasteiger partial charge in [0.05, 0.1) is 0 Å². The second-order valence-corrected chi connectivity index (χ2v) is 6.42. The predicted molar refractivity (Wildman–Crippen MR) is 97.4 cm³/mol. The smallest absolute Gasteiger partial charge is 0.324 e. The van der Waals surface area contributed by atoms with Crippen molar-refractivity contribution in [3.05, 3.63) is 59.7 Å². The number of carbonyl (C=O) groups is 2. The van der Waals surface area contributed by atoms with Crippen molar-refractivity contribution in [3.63, 3.8) is 0 Å². The normalized spacial score (nSPS) is 14.7. The topological polar surface area (TPSA) is 78.9 Å². The molecule has 0 aliphatic carbocycles. The van der Waals surface area contributed by atoms with Crippen molar-refractivity contribution in [2.75, 3.05) is 13.1 Å². The van der Waals surface area contributed by atoms with E-state index in [4.69, 9.17) is 4.74 Å². The molecule has 136 valence electrons. The fourth-order valence-corrected chi connectivity index (χ4v) is 2.85. The number of piperidine rings is 1. The van der Waals surface area contributed by atoms with Crippen LogP contribution in [0.25, 0.3) is 0 Å². The molecule has 1 saturated heterocycles. The molecule has 0 unspecified atom stereocenters. The average molecular weight is 354 g/mol. The van der Waals surface area contributed by atoms with E-state index in [1.54, 1.807) is 4.90 Å². The third-order valence-electron chi connectivity index (χ3n) is 4.40. The average Bonchev–Trinajstić information content (AvgIpc) is 2.64. The van der Waals surface area contributed by atoms with Crippen molar-refractivity contribution >= 4 is 11.9 Å². The number of nitrogens with one attached hydrogen (secondary N) is 1. The number of ether oxygens (including phenoxy) is 1. The highest BCUT2D eigenvalue weighted by atomic mass is 16.5. The quantitative estimate of drug-likeness (QED) is 0.888. The van der Waals surface area contributed by atoms with Gasteiger partial charge in [0.2, 0.25) is 0 Å². The van der Waals surface area contributed by atoms with Gasteiger partial charge in [0.1, 0.15) is 17.6 Å². The zero-order chi connectivity index (χ0) is 18.5. The summed E-state index contributed by atoms with van der Waals surface area (Å²) in [6.07, 6.45) is 1.50. The second kappa shape index (κ2) is 7.91. The largest absolute Gasteiger partial charge is 0.508 e. The second-order valence-electron chi connectivity index (χ2n) is 6.42. The molecule has 1 fully saturated rings. The van der Waals surface area contributed by atoms with Crippen LogP contribution in [0.2, 0.25) is 0 Å².